The lowest BCUT2D eigenvalue weighted by Gasteiger charge is -2.11. The lowest BCUT2D eigenvalue weighted by atomic mass is 10.2. The number of nitrogens with zero attached hydrogens (tertiary/aromatic N) is 3. The minimum absolute atomic E-state index is 0.0514. The standard InChI is InChI=1S/C19H15ClN4O5S/c1-30-19-21-10-16(23(19)13-5-3-2-4-6-13)18(26)29-11-17(25)22-14-8-7-12(20)9-15(14)24(27)28/h2-10H,11H2,1H3,(H,22,25). The molecule has 1 aromatic heterocycles. The Bertz CT molecular complexity index is 1100. The van der Waals surface area contributed by atoms with Crippen molar-refractivity contribution in [3.8, 4) is 5.69 Å². The number of carbonyl (C=O) groups is 2. The molecular formula is C19H15ClN4O5S. The quantitative estimate of drug-likeness (QED) is 0.253. The molecule has 1 amide bonds. The predicted octanol–water partition coefficient (Wildman–Crippen LogP) is 3.95. The lowest BCUT2D eigenvalue weighted by molar-refractivity contribution is -0.383. The van der Waals surface area contributed by atoms with E-state index in [-0.39, 0.29) is 22.1 Å². The lowest BCUT2D eigenvalue weighted by Crippen LogP contribution is -2.22. The number of ether oxygens (including phenoxy) is 1. The summed E-state index contributed by atoms with van der Waals surface area (Å²) in [5.74, 6) is -1.49. The molecule has 3 rings (SSSR count). The number of benzene rings is 2. The average Bonchev–Trinajstić information content (AvgIpc) is 3.18. The van der Waals surface area contributed by atoms with Gasteiger partial charge in [0.1, 0.15) is 5.69 Å². The summed E-state index contributed by atoms with van der Waals surface area (Å²) in [6, 6.07) is 12.9. The first-order valence-electron chi connectivity index (χ1n) is 8.48. The van der Waals surface area contributed by atoms with Crippen LogP contribution in [0.15, 0.2) is 59.9 Å². The number of anilines is 1. The van der Waals surface area contributed by atoms with E-state index < -0.39 is 23.4 Å². The Morgan fingerprint density at radius 3 is 2.67 bits per heavy atom. The third kappa shape index (κ3) is 4.78. The number of halogens is 1. The molecule has 0 aliphatic rings. The van der Waals surface area contributed by atoms with Crippen LogP contribution in [0.25, 0.3) is 5.69 Å². The van der Waals surface area contributed by atoms with E-state index in [2.05, 4.69) is 10.3 Å². The van der Waals surface area contributed by atoms with Crippen molar-refractivity contribution in [1.82, 2.24) is 9.55 Å². The average molecular weight is 447 g/mol. The van der Waals surface area contributed by atoms with Crippen molar-refractivity contribution < 1.29 is 19.2 Å². The van der Waals surface area contributed by atoms with Crippen LogP contribution in [0.1, 0.15) is 10.5 Å². The van der Waals surface area contributed by atoms with E-state index in [0.717, 1.165) is 6.07 Å². The first kappa shape index (κ1) is 21.3. The summed E-state index contributed by atoms with van der Waals surface area (Å²) in [6.07, 6.45) is 3.19. The number of hydrogen-bond acceptors (Lipinski definition) is 7. The number of hydrogen-bond donors (Lipinski definition) is 1. The number of carbonyl (C=O) groups excluding carboxylic acids is 2. The Labute approximate surface area is 180 Å². The first-order valence-corrected chi connectivity index (χ1v) is 10.1. The van der Waals surface area contributed by atoms with Crippen LogP contribution in [0.5, 0.6) is 0 Å². The Morgan fingerprint density at radius 1 is 1.27 bits per heavy atom. The normalized spacial score (nSPS) is 10.5. The number of para-hydroxylation sites is 1. The van der Waals surface area contributed by atoms with Crippen molar-refractivity contribution in [2.24, 2.45) is 0 Å². The van der Waals surface area contributed by atoms with Crippen LogP contribution in [0.4, 0.5) is 11.4 Å². The molecule has 3 aromatic rings. The topological polar surface area (TPSA) is 116 Å². The van der Waals surface area contributed by atoms with Crippen molar-refractivity contribution in [3.05, 3.63) is 75.6 Å². The molecule has 1 heterocycles. The molecular weight excluding hydrogens is 432 g/mol. The maximum atomic E-state index is 12.5. The maximum absolute atomic E-state index is 12.5. The monoisotopic (exact) mass is 446 g/mol. The zero-order valence-corrected chi connectivity index (χ0v) is 17.1. The number of aromatic nitrogens is 2. The fraction of sp³-hybridized carbons (Fsp3) is 0.105. The summed E-state index contributed by atoms with van der Waals surface area (Å²) in [5.41, 5.74) is 0.446. The zero-order chi connectivity index (χ0) is 21.7. The number of esters is 1. The fourth-order valence-electron chi connectivity index (χ4n) is 2.60. The predicted molar refractivity (Wildman–Crippen MR) is 112 cm³/mol. The minimum Gasteiger partial charge on any atom is -0.451 e. The number of imidazole rings is 1. The highest BCUT2D eigenvalue weighted by Crippen LogP contribution is 2.27. The molecule has 9 nitrogen and oxygen atoms in total. The maximum Gasteiger partial charge on any atom is 0.357 e. The van der Waals surface area contributed by atoms with Crippen LogP contribution in [-0.4, -0.2) is 39.2 Å². The van der Waals surface area contributed by atoms with Gasteiger partial charge >= 0.3 is 5.97 Å². The van der Waals surface area contributed by atoms with Gasteiger partial charge in [-0.3, -0.25) is 19.5 Å². The second kappa shape index (κ2) is 9.42. The van der Waals surface area contributed by atoms with E-state index in [4.69, 9.17) is 16.3 Å². The van der Waals surface area contributed by atoms with Crippen LogP contribution in [0.3, 0.4) is 0 Å². The van der Waals surface area contributed by atoms with Crippen LogP contribution >= 0.6 is 23.4 Å². The highest BCUT2D eigenvalue weighted by atomic mass is 35.5. The van der Waals surface area contributed by atoms with Gasteiger partial charge in [0.15, 0.2) is 17.5 Å². The van der Waals surface area contributed by atoms with E-state index in [9.17, 15) is 19.7 Å². The van der Waals surface area contributed by atoms with Gasteiger partial charge < -0.3 is 10.1 Å². The largest absolute Gasteiger partial charge is 0.451 e. The molecule has 0 radical (unpaired) electrons. The number of nitrogens with one attached hydrogen (secondary N) is 1. The molecule has 2 aromatic carbocycles. The number of amides is 1. The fourth-order valence-corrected chi connectivity index (χ4v) is 3.31. The Balaban J connectivity index is 1.72. The van der Waals surface area contributed by atoms with E-state index in [1.807, 2.05) is 36.6 Å². The van der Waals surface area contributed by atoms with Gasteiger partial charge in [0, 0.05) is 16.8 Å². The molecule has 154 valence electrons. The van der Waals surface area contributed by atoms with Crippen molar-refractivity contribution in [2.45, 2.75) is 5.16 Å². The summed E-state index contributed by atoms with van der Waals surface area (Å²) in [5, 5.41) is 14.2. The summed E-state index contributed by atoms with van der Waals surface area (Å²) in [7, 11) is 0. The molecule has 0 aliphatic heterocycles. The molecule has 11 heteroatoms. The van der Waals surface area contributed by atoms with E-state index in [1.54, 1.807) is 4.57 Å². The number of nitro groups is 1. The van der Waals surface area contributed by atoms with Crippen LogP contribution in [-0.2, 0) is 9.53 Å². The van der Waals surface area contributed by atoms with Gasteiger partial charge in [-0.25, -0.2) is 9.78 Å². The molecule has 0 bridgehead atoms. The molecule has 0 atom stereocenters. The molecule has 0 saturated carbocycles. The molecule has 1 N–H and O–H groups in total. The second-order valence-corrected chi connectivity index (χ2v) is 7.05. The van der Waals surface area contributed by atoms with Crippen molar-refractivity contribution in [2.75, 3.05) is 18.2 Å². The van der Waals surface area contributed by atoms with Gasteiger partial charge in [-0.05, 0) is 30.5 Å². The number of rotatable bonds is 7. The van der Waals surface area contributed by atoms with Gasteiger partial charge in [0.25, 0.3) is 11.6 Å². The minimum atomic E-state index is -0.757. The molecule has 0 aliphatic carbocycles. The molecule has 0 fully saturated rings. The van der Waals surface area contributed by atoms with Crippen LogP contribution < -0.4 is 5.32 Å². The second-order valence-electron chi connectivity index (χ2n) is 5.84. The SMILES string of the molecule is CSc1ncc(C(=O)OCC(=O)Nc2ccc(Cl)cc2[N+](=O)[O-])n1-c1ccccc1. The van der Waals surface area contributed by atoms with E-state index in [1.165, 1.54) is 30.1 Å². The van der Waals surface area contributed by atoms with Crippen molar-refractivity contribution >= 4 is 46.6 Å². The van der Waals surface area contributed by atoms with Gasteiger partial charge in [-0.1, -0.05) is 41.6 Å². The van der Waals surface area contributed by atoms with Crippen LogP contribution in [0, 0.1) is 10.1 Å². The molecule has 0 saturated heterocycles. The van der Waals surface area contributed by atoms with Crippen molar-refractivity contribution in [3.63, 3.8) is 0 Å². The first-order chi connectivity index (χ1) is 14.4. The highest BCUT2D eigenvalue weighted by Gasteiger charge is 2.21. The Hall–Kier alpha value is -3.37. The molecule has 0 spiro atoms. The zero-order valence-electron chi connectivity index (χ0n) is 15.6. The van der Waals surface area contributed by atoms with Crippen LogP contribution in [0.2, 0.25) is 5.02 Å². The Kier molecular flexibility index (Phi) is 6.70. The molecule has 0 unspecified atom stereocenters. The van der Waals surface area contributed by atoms with E-state index in [0.29, 0.717) is 10.8 Å². The van der Waals surface area contributed by atoms with Crippen molar-refractivity contribution in [1.29, 1.82) is 0 Å². The van der Waals surface area contributed by atoms with Gasteiger partial charge in [-0.2, -0.15) is 0 Å². The smallest absolute Gasteiger partial charge is 0.357 e. The van der Waals surface area contributed by atoms with Gasteiger partial charge in [-0.15, -0.1) is 0 Å². The molecule has 30 heavy (non-hydrogen) atoms. The Morgan fingerprint density at radius 2 is 2.00 bits per heavy atom. The van der Waals surface area contributed by atoms with Gasteiger partial charge in [0.05, 0.1) is 11.1 Å². The third-order valence-electron chi connectivity index (χ3n) is 3.90. The summed E-state index contributed by atoms with van der Waals surface area (Å²) in [4.78, 5) is 39.3. The summed E-state index contributed by atoms with van der Waals surface area (Å²) < 4.78 is 6.71. The van der Waals surface area contributed by atoms with Gasteiger partial charge in [0.2, 0.25) is 0 Å². The number of thioether (sulfide) groups is 1. The highest BCUT2D eigenvalue weighted by molar-refractivity contribution is 7.98. The summed E-state index contributed by atoms with van der Waals surface area (Å²) in [6.45, 7) is -0.632. The summed E-state index contributed by atoms with van der Waals surface area (Å²) >= 11 is 7.10. The van der Waals surface area contributed by atoms with E-state index >= 15 is 0 Å². The number of nitro benzene ring substituents is 1. The third-order valence-corrected chi connectivity index (χ3v) is 4.79.